The highest BCUT2D eigenvalue weighted by molar-refractivity contribution is 5.82. The van der Waals surface area contributed by atoms with Gasteiger partial charge >= 0.3 is 0 Å². The molecule has 2 atom stereocenters. The fourth-order valence-corrected chi connectivity index (χ4v) is 1.54. The second-order valence-corrected chi connectivity index (χ2v) is 3.51. The smallest absolute Gasteiger partial charge is 0.237 e. The number of methoxy groups -OCH3 is 1. The summed E-state index contributed by atoms with van der Waals surface area (Å²) >= 11 is 0. The molecule has 13 heavy (non-hydrogen) atoms. The zero-order valence-electron chi connectivity index (χ0n) is 8.30. The van der Waals surface area contributed by atoms with Gasteiger partial charge < -0.3 is 15.4 Å². The largest absolute Gasteiger partial charge is 0.383 e. The van der Waals surface area contributed by atoms with Gasteiger partial charge in [-0.3, -0.25) is 4.79 Å². The van der Waals surface area contributed by atoms with Crippen LogP contribution in [0.5, 0.6) is 0 Å². The Morgan fingerprint density at radius 2 is 2.54 bits per heavy atom. The minimum Gasteiger partial charge on any atom is -0.383 e. The third-order valence-electron chi connectivity index (χ3n) is 2.18. The van der Waals surface area contributed by atoms with E-state index in [9.17, 15) is 4.79 Å². The van der Waals surface area contributed by atoms with Gasteiger partial charge in [0.15, 0.2) is 0 Å². The molecule has 4 nitrogen and oxygen atoms in total. The van der Waals surface area contributed by atoms with E-state index in [0.717, 1.165) is 19.4 Å². The minimum absolute atomic E-state index is 0.0132. The highest BCUT2D eigenvalue weighted by Crippen LogP contribution is 2.04. The van der Waals surface area contributed by atoms with E-state index in [-0.39, 0.29) is 18.0 Å². The normalized spacial score (nSPS) is 24.3. The van der Waals surface area contributed by atoms with Crippen LogP contribution in [0.15, 0.2) is 0 Å². The number of ether oxygens (including phenoxy) is 1. The van der Waals surface area contributed by atoms with Gasteiger partial charge in [-0.2, -0.15) is 0 Å². The number of carbonyl (C=O) groups excluding carboxylic acids is 1. The van der Waals surface area contributed by atoms with Crippen molar-refractivity contribution in [3.05, 3.63) is 0 Å². The van der Waals surface area contributed by atoms with E-state index in [2.05, 4.69) is 10.6 Å². The molecule has 1 rings (SSSR count). The van der Waals surface area contributed by atoms with Gasteiger partial charge in [0.1, 0.15) is 0 Å². The third-order valence-corrected chi connectivity index (χ3v) is 2.18. The highest BCUT2D eigenvalue weighted by Gasteiger charge is 2.22. The average Bonchev–Trinajstić information content (AvgIpc) is 2.55. The molecule has 0 saturated carbocycles. The van der Waals surface area contributed by atoms with E-state index in [1.54, 1.807) is 7.11 Å². The number of carbonyl (C=O) groups is 1. The van der Waals surface area contributed by atoms with Crippen molar-refractivity contribution in [1.82, 2.24) is 10.6 Å². The standard InChI is InChI=1S/C9H18N2O2/c1-7(6-13-2)11-9(12)8-4-3-5-10-8/h7-8,10H,3-6H2,1-2H3,(H,11,12)/t7?,8-/m1/s1. The van der Waals surface area contributed by atoms with Crippen molar-refractivity contribution in [2.24, 2.45) is 0 Å². The SMILES string of the molecule is COCC(C)NC(=O)[C@H]1CCCN1. The molecule has 0 aromatic heterocycles. The van der Waals surface area contributed by atoms with Gasteiger partial charge in [0.25, 0.3) is 0 Å². The predicted molar refractivity (Wildman–Crippen MR) is 50.5 cm³/mol. The molecule has 1 amide bonds. The zero-order chi connectivity index (χ0) is 9.68. The molecular weight excluding hydrogens is 168 g/mol. The molecule has 2 N–H and O–H groups in total. The highest BCUT2D eigenvalue weighted by atomic mass is 16.5. The van der Waals surface area contributed by atoms with Gasteiger partial charge in [-0.25, -0.2) is 0 Å². The van der Waals surface area contributed by atoms with Gasteiger partial charge in [0.05, 0.1) is 12.6 Å². The first-order valence-corrected chi connectivity index (χ1v) is 4.76. The summed E-state index contributed by atoms with van der Waals surface area (Å²) in [6.07, 6.45) is 2.04. The summed E-state index contributed by atoms with van der Waals surface area (Å²) in [5.74, 6) is 0.0991. The van der Waals surface area contributed by atoms with Crippen molar-refractivity contribution in [3.63, 3.8) is 0 Å². The lowest BCUT2D eigenvalue weighted by atomic mass is 10.2. The fraction of sp³-hybridized carbons (Fsp3) is 0.889. The molecule has 1 aliphatic rings. The Balaban J connectivity index is 2.23. The number of nitrogens with one attached hydrogen (secondary N) is 2. The van der Waals surface area contributed by atoms with E-state index >= 15 is 0 Å². The fourth-order valence-electron chi connectivity index (χ4n) is 1.54. The number of hydrogen-bond donors (Lipinski definition) is 2. The first-order chi connectivity index (χ1) is 6.24. The molecule has 1 aliphatic heterocycles. The van der Waals surface area contributed by atoms with Gasteiger partial charge in [0, 0.05) is 13.2 Å². The zero-order valence-corrected chi connectivity index (χ0v) is 8.30. The summed E-state index contributed by atoms with van der Waals surface area (Å²) in [7, 11) is 1.64. The Morgan fingerprint density at radius 3 is 3.08 bits per heavy atom. The number of amides is 1. The lowest BCUT2D eigenvalue weighted by molar-refractivity contribution is -0.123. The molecule has 76 valence electrons. The second kappa shape index (κ2) is 5.19. The maximum Gasteiger partial charge on any atom is 0.237 e. The van der Waals surface area contributed by atoms with Crippen molar-refractivity contribution in [1.29, 1.82) is 0 Å². The summed E-state index contributed by atoms with van der Waals surface area (Å²) in [5, 5.41) is 6.05. The van der Waals surface area contributed by atoms with Crippen LogP contribution in [0, 0.1) is 0 Å². The van der Waals surface area contributed by atoms with E-state index < -0.39 is 0 Å². The summed E-state index contributed by atoms with van der Waals surface area (Å²) in [4.78, 5) is 11.5. The van der Waals surface area contributed by atoms with Crippen molar-refractivity contribution in [2.75, 3.05) is 20.3 Å². The molecule has 0 radical (unpaired) electrons. The third kappa shape index (κ3) is 3.32. The van der Waals surface area contributed by atoms with Gasteiger partial charge in [0.2, 0.25) is 5.91 Å². The van der Waals surface area contributed by atoms with Crippen LogP contribution >= 0.6 is 0 Å². The van der Waals surface area contributed by atoms with Crippen LogP contribution in [0.1, 0.15) is 19.8 Å². The molecule has 0 bridgehead atoms. The molecule has 0 aromatic rings. The van der Waals surface area contributed by atoms with Crippen LogP contribution in [-0.2, 0) is 9.53 Å². The Kier molecular flexibility index (Phi) is 4.18. The molecule has 0 spiro atoms. The van der Waals surface area contributed by atoms with Gasteiger partial charge in [-0.15, -0.1) is 0 Å². The lowest BCUT2D eigenvalue weighted by Gasteiger charge is -2.16. The topological polar surface area (TPSA) is 50.4 Å². The molecule has 0 aliphatic carbocycles. The predicted octanol–water partition coefficient (Wildman–Crippen LogP) is -0.110. The Hall–Kier alpha value is -0.610. The summed E-state index contributed by atoms with van der Waals surface area (Å²) in [6.45, 7) is 3.46. The van der Waals surface area contributed by atoms with E-state index in [1.807, 2.05) is 6.92 Å². The van der Waals surface area contributed by atoms with Crippen LogP contribution < -0.4 is 10.6 Å². The van der Waals surface area contributed by atoms with Gasteiger partial charge in [-0.1, -0.05) is 0 Å². The van der Waals surface area contributed by atoms with Crippen molar-refractivity contribution in [3.8, 4) is 0 Å². The van der Waals surface area contributed by atoms with Crippen LogP contribution in [0.2, 0.25) is 0 Å². The number of hydrogen-bond acceptors (Lipinski definition) is 3. The summed E-state index contributed by atoms with van der Waals surface area (Å²) in [5.41, 5.74) is 0. The maximum atomic E-state index is 11.5. The lowest BCUT2D eigenvalue weighted by Crippen LogP contribution is -2.45. The first-order valence-electron chi connectivity index (χ1n) is 4.76. The summed E-state index contributed by atoms with van der Waals surface area (Å²) in [6, 6.07) is 0.110. The van der Waals surface area contributed by atoms with Crippen molar-refractivity contribution >= 4 is 5.91 Å². The molecule has 1 saturated heterocycles. The second-order valence-electron chi connectivity index (χ2n) is 3.51. The summed E-state index contributed by atoms with van der Waals surface area (Å²) < 4.78 is 4.93. The maximum absolute atomic E-state index is 11.5. The molecule has 0 aromatic carbocycles. The van der Waals surface area contributed by atoms with Crippen molar-refractivity contribution in [2.45, 2.75) is 31.8 Å². The molecule has 1 unspecified atom stereocenters. The first kappa shape index (κ1) is 10.5. The van der Waals surface area contributed by atoms with E-state index in [0.29, 0.717) is 6.61 Å². The molecule has 1 heterocycles. The van der Waals surface area contributed by atoms with E-state index in [4.69, 9.17) is 4.74 Å². The van der Waals surface area contributed by atoms with Gasteiger partial charge in [-0.05, 0) is 26.3 Å². The Labute approximate surface area is 79.0 Å². The monoisotopic (exact) mass is 186 g/mol. The average molecular weight is 186 g/mol. The van der Waals surface area contributed by atoms with Crippen molar-refractivity contribution < 1.29 is 9.53 Å². The van der Waals surface area contributed by atoms with Crippen LogP contribution in [0.25, 0.3) is 0 Å². The Bertz CT molecular complexity index is 167. The minimum atomic E-state index is 0.0132. The Morgan fingerprint density at radius 1 is 1.77 bits per heavy atom. The van der Waals surface area contributed by atoms with Crippen LogP contribution in [0.4, 0.5) is 0 Å². The number of rotatable bonds is 4. The van der Waals surface area contributed by atoms with E-state index in [1.165, 1.54) is 0 Å². The molecule has 1 fully saturated rings. The molecule has 4 heteroatoms. The van der Waals surface area contributed by atoms with Crippen LogP contribution in [-0.4, -0.2) is 38.3 Å². The molecular formula is C9H18N2O2. The van der Waals surface area contributed by atoms with Crippen LogP contribution in [0.3, 0.4) is 0 Å². The quantitative estimate of drug-likeness (QED) is 0.644.